The van der Waals surface area contributed by atoms with Crippen LogP contribution in [0, 0.1) is 5.82 Å². The van der Waals surface area contributed by atoms with E-state index in [-0.39, 0.29) is 11.5 Å². The van der Waals surface area contributed by atoms with Gasteiger partial charge in [-0.1, -0.05) is 0 Å². The van der Waals surface area contributed by atoms with E-state index in [2.05, 4.69) is 20.9 Å². The van der Waals surface area contributed by atoms with Crippen molar-refractivity contribution in [3.63, 3.8) is 0 Å². The lowest BCUT2D eigenvalue weighted by molar-refractivity contribution is 0.103. The molecule has 2 aromatic heterocycles. The lowest BCUT2D eigenvalue weighted by Gasteiger charge is -1.97. The van der Waals surface area contributed by atoms with Crippen molar-refractivity contribution in [1.29, 1.82) is 0 Å². The van der Waals surface area contributed by atoms with Crippen molar-refractivity contribution >= 4 is 33.0 Å². The molecule has 76 valence electrons. The number of thiophene rings is 1. The minimum atomic E-state index is -0.448. The third kappa shape index (κ3) is 2.13. The fourth-order valence-corrected chi connectivity index (χ4v) is 2.55. The first kappa shape index (κ1) is 10.4. The topological polar surface area (TPSA) is 30.0 Å². The van der Waals surface area contributed by atoms with E-state index in [0.717, 1.165) is 10.7 Å². The molecule has 5 heteroatoms. The van der Waals surface area contributed by atoms with Crippen molar-refractivity contribution in [2.45, 2.75) is 0 Å². The van der Waals surface area contributed by atoms with Crippen LogP contribution in [0.1, 0.15) is 16.1 Å². The summed E-state index contributed by atoms with van der Waals surface area (Å²) in [4.78, 5) is 15.6. The lowest BCUT2D eigenvalue weighted by Crippen LogP contribution is -2.03. The molecule has 0 atom stereocenters. The highest BCUT2D eigenvalue weighted by Crippen LogP contribution is 2.23. The molecule has 0 bridgehead atoms. The van der Waals surface area contributed by atoms with Crippen molar-refractivity contribution in [1.82, 2.24) is 4.98 Å². The Balaban J connectivity index is 2.37. The van der Waals surface area contributed by atoms with Crippen molar-refractivity contribution < 1.29 is 9.18 Å². The molecule has 0 aliphatic heterocycles. The number of hydrogen-bond donors (Lipinski definition) is 0. The number of ketones is 1. The second-order valence-electron chi connectivity index (χ2n) is 2.82. The maximum atomic E-state index is 12.6. The maximum Gasteiger partial charge on any atom is 0.213 e. The molecule has 0 N–H and O–H groups in total. The Morgan fingerprint density at radius 3 is 2.73 bits per heavy atom. The van der Waals surface area contributed by atoms with Crippen LogP contribution in [0.2, 0.25) is 0 Å². The van der Waals surface area contributed by atoms with E-state index in [0.29, 0.717) is 5.56 Å². The summed E-state index contributed by atoms with van der Waals surface area (Å²) < 4.78 is 13.3. The van der Waals surface area contributed by atoms with Gasteiger partial charge in [-0.2, -0.15) is 11.3 Å². The molecule has 0 aliphatic rings. The van der Waals surface area contributed by atoms with Gasteiger partial charge in [-0.05, 0) is 28.1 Å². The van der Waals surface area contributed by atoms with Gasteiger partial charge >= 0.3 is 0 Å². The number of halogens is 2. The summed E-state index contributed by atoms with van der Waals surface area (Å²) in [5, 5.41) is 3.55. The number of pyridine rings is 1. The molecule has 0 radical (unpaired) electrons. The minimum absolute atomic E-state index is 0.205. The third-order valence-corrected chi connectivity index (χ3v) is 3.52. The number of rotatable bonds is 2. The fraction of sp³-hybridized carbons (Fsp3) is 0. The van der Waals surface area contributed by atoms with Crippen LogP contribution in [0.15, 0.2) is 33.6 Å². The molecular weight excluding hydrogens is 281 g/mol. The molecular formula is C10H5BrFNOS. The Morgan fingerprint density at radius 2 is 2.20 bits per heavy atom. The summed E-state index contributed by atoms with van der Waals surface area (Å²) in [5.41, 5.74) is 0.801. The number of hydrogen-bond acceptors (Lipinski definition) is 3. The fourth-order valence-electron chi connectivity index (χ4n) is 1.09. The average Bonchev–Trinajstić information content (AvgIpc) is 2.65. The number of aromatic nitrogens is 1. The SMILES string of the molecule is O=C(c1ccc(F)cn1)c1cscc1Br. The van der Waals surface area contributed by atoms with E-state index >= 15 is 0 Å². The molecule has 0 saturated carbocycles. The molecule has 2 heterocycles. The molecule has 2 nitrogen and oxygen atoms in total. The summed E-state index contributed by atoms with van der Waals surface area (Å²) >= 11 is 4.69. The summed E-state index contributed by atoms with van der Waals surface area (Å²) in [5.74, 6) is -0.654. The smallest absolute Gasteiger partial charge is 0.213 e. The van der Waals surface area contributed by atoms with E-state index in [1.54, 1.807) is 5.38 Å². The summed E-state index contributed by atoms with van der Waals surface area (Å²) in [6.45, 7) is 0. The van der Waals surface area contributed by atoms with Crippen molar-refractivity contribution in [3.8, 4) is 0 Å². The molecule has 0 amide bonds. The molecule has 0 aromatic carbocycles. The van der Waals surface area contributed by atoms with Gasteiger partial charge in [-0.15, -0.1) is 0 Å². The van der Waals surface area contributed by atoms with Gasteiger partial charge in [0.1, 0.15) is 11.5 Å². The van der Waals surface area contributed by atoms with Crippen molar-refractivity contribution in [2.75, 3.05) is 0 Å². The van der Waals surface area contributed by atoms with Gasteiger partial charge < -0.3 is 0 Å². The lowest BCUT2D eigenvalue weighted by atomic mass is 10.1. The number of carbonyl (C=O) groups excluding carboxylic acids is 1. The monoisotopic (exact) mass is 285 g/mol. The molecule has 15 heavy (non-hydrogen) atoms. The summed E-state index contributed by atoms with van der Waals surface area (Å²) in [6, 6.07) is 2.60. The Labute approximate surface area is 97.9 Å². The average molecular weight is 286 g/mol. The first-order valence-electron chi connectivity index (χ1n) is 4.06. The minimum Gasteiger partial charge on any atom is -0.287 e. The Kier molecular flexibility index (Phi) is 2.93. The van der Waals surface area contributed by atoms with Crippen LogP contribution >= 0.6 is 27.3 Å². The summed E-state index contributed by atoms with van der Waals surface area (Å²) in [6.07, 6.45) is 1.04. The molecule has 2 aromatic rings. The van der Waals surface area contributed by atoms with Crippen LogP contribution in [0.5, 0.6) is 0 Å². The largest absolute Gasteiger partial charge is 0.287 e. The van der Waals surface area contributed by atoms with Crippen LogP contribution < -0.4 is 0 Å². The van der Waals surface area contributed by atoms with Gasteiger partial charge in [0, 0.05) is 20.8 Å². The highest BCUT2D eigenvalue weighted by Gasteiger charge is 2.14. The molecule has 2 rings (SSSR count). The molecule has 0 spiro atoms. The second-order valence-corrected chi connectivity index (χ2v) is 4.42. The van der Waals surface area contributed by atoms with Crippen LogP contribution in [-0.2, 0) is 0 Å². The zero-order valence-corrected chi connectivity index (χ0v) is 9.81. The highest BCUT2D eigenvalue weighted by molar-refractivity contribution is 9.10. The van der Waals surface area contributed by atoms with E-state index in [4.69, 9.17) is 0 Å². The van der Waals surface area contributed by atoms with Gasteiger partial charge in [0.2, 0.25) is 5.78 Å². The standard InChI is InChI=1S/C10H5BrFNOS/c11-8-5-15-4-7(8)10(14)9-2-1-6(12)3-13-9/h1-5H. The molecule has 0 saturated heterocycles. The second kappa shape index (κ2) is 4.20. The first-order chi connectivity index (χ1) is 7.18. The predicted octanol–water partition coefficient (Wildman–Crippen LogP) is 3.28. The van der Waals surface area contributed by atoms with Gasteiger partial charge in [-0.3, -0.25) is 4.79 Å². The van der Waals surface area contributed by atoms with Crippen LogP contribution in [0.4, 0.5) is 4.39 Å². The Bertz CT molecular complexity index is 494. The zero-order valence-electron chi connectivity index (χ0n) is 7.41. The normalized spacial score (nSPS) is 10.3. The zero-order chi connectivity index (χ0) is 10.8. The molecule has 0 unspecified atom stereocenters. The first-order valence-corrected chi connectivity index (χ1v) is 5.80. The van der Waals surface area contributed by atoms with E-state index < -0.39 is 5.82 Å². The van der Waals surface area contributed by atoms with E-state index in [9.17, 15) is 9.18 Å². The van der Waals surface area contributed by atoms with Gasteiger partial charge in [-0.25, -0.2) is 9.37 Å². The van der Waals surface area contributed by atoms with E-state index in [1.807, 2.05) is 5.38 Å². The van der Waals surface area contributed by atoms with Gasteiger partial charge in [0.05, 0.1) is 6.20 Å². The predicted molar refractivity (Wildman–Crippen MR) is 59.6 cm³/mol. The van der Waals surface area contributed by atoms with Crippen LogP contribution in [0.25, 0.3) is 0 Å². The van der Waals surface area contributed by atoms with Crippen molar-refractivity contribution in [2.24, 2.45) is 0 Å². The van der Waals surface area contributed by atoms with Gasteiger partial charge in [0.25, 0.3) is 0 Å². The number of carbonyl (C=O) groups is 1. The third-order valence-electron chi connectivity index (χ3n) is 1.82. The van der Waals surface area contributed by atoms with Gasteiger partial charge in [0.15, 0.2) is 0 Å². The Morgan fingerprint density at radius 1 is 1.40 bits per heavy atom. The quantitative estimate of drug-likeness (QED) is 0.793. The van der Waals surface area contributed by atoms with Crippen LogP contribution in [-0.4, -0.2) is 10.8 Å². The Hall–Kier alpha value is -1.07. The van der Waals surface area contributed by atoms with Crippen molar-refractivity contribution in [3.05, 3.63) is 50.6 Å². The maximum absolute atomic E-state index is 12.6. The van der Waals surface area contributed by atoms with Crippen LogP contribution in [0.3, 0.4) is 0 Å². The number of nitrogens with zero attached hydrogens (tertiary/aromatic N) is 1. The molecule has 0 fully saturated rings. The summed E-state index contributed by atoms with van der Waals surface area (Å²) in [7, 11) is 0. The van der Waals surface area contributed by atoms with E-state index in [1.165, 1.54) is 23.5 Å². The highest BCUT2D eigenvalue weighted by atomic mass is 79.9. The molecule has 0 aliphatic carbocycles.